The van der Waals surface area contributed by atoms with Gasteiger partial charge in [-0.2, -0.15) is 0 Å². The van der Waals surface area contributed by atoms with Gasteiger partial charge in [-0.25, -0.2) is 9.97 Å². The minimum atomic E-state index is -0.194. The number of hydrogen-bond acceptors (Lipinski definition) is 5. The Morgan fingerprint density at radius 1 is 1.17 bits per heavy atom. The summed E-state index contributed by atoms with van der Waals surface area (Å²) < 4.78 is 0. The van der Waals surface area contributed by atoms with Gasteiger partial charge < -0.3 is 14.8 Å². The first-order valence-corrected chi connectivity index (χ1v) is 8.12. The lowest BCUT2D eigenvalue weighted by molar-refractivity contribution is 0.0782. The Kier molecular flexibility index (Phi) is 3.55. The van der Waals surface area contributed by atoms with Crippen LogP contribution in [0, 0.1) is 18.8 Å². The molecule has 124 valence electrons. The highest BCUT2D eigenvalue weighted by atomic mass is 16.2. The van der Waals surface area contributed by atoms with Crippen molar-refractivity contribution in [3.63, 3.8) is 0 Å². The fraction of sp³-hybridized carbons (Fsp3) is 0.412. The molecule has 2 fully saturated rings. The lowest BCUT2D eigenvalue weighted by Crippen LogP contribution is -2.33. The molecule has 2 aliphatic rings. The first-order valence-electron chi connectivity index (χ1n) is 8.12. The van der Waals surface area contributed by atoms with E-state index in [0.29, 0.717) is 17.4 Å². The zero-order valence-electron chi connectivity index (χ0n) is 13.5. The Morgan fingerprint density at radius 2 is 1.92 bits per heavy atom. The number of pyridine rings is 1. The summed E-state index contributed by atoms with van der Waals surface area (Å²) in [6, 6.07) is 4.98. The quantitative estimate of drug-likeness (QED) is 0.878. The van der Waals surface area contributed by atoms with Gasteiger partial charge in [0.15, 0.2) is 0 Å². The predicted octanol–water partition coefficient (Wildman–Crippen LogP) is 0.682. The summed E-state index contributed by atoms with van der Waals surface area (Å²) in [4.78, 5) is 38.9. The molecule has 2 atom stereocenters. The van der Waals surface area contributed by atoms with Gasteiger partial charge in [0.2, 0.25) is 5.56 Å². The van der Waals surface area contributed by atoms with Crippen molar-refractivity contribution in [1.29, 1.82) is 0 Å². The van der Waals surface area contributed by atoms with Crippen LogP contribution in [0.15, 0.2) is 35.5 Å². The second kappa shape index (κ2) is 5.74. The van der Waals surface area contributed by atoms with Gasteiger partial charge in [0.1, 0.15) is 12.1 Å². The first kappa shape index (κ1) is 14.9. The van der Waals surface area contributed by atoms with Gasteiger partial charge in [0.25, 0.3) is 5.91 Å². The van der Waals surface area contributed by atoms with Gasteiger partial charge >= 0.3 is 0 Å². The van der Waals surface area contributed by atoms with Crippen LogP contribution in [0.3, 0.4) is 0 Å². The van der Waals surface area contributed by atoms with Gasteiger partial charge in [-0.05, 0) is 13.0 Å². The van der Waals surface area contributed by atoms with E-state index in [-0.39, 0.29) is 11.5 Å². The molecule has 0 aromatic carbocycles. The number of hydrogen-bond donors (Lipinski definition) is 1. The third-order valence-electron chi connectivity index (χ3n) is 4.92. The molecule has 2 aromatic heterocycles. The molecule has 1 amide bonds. The van der Waals surface area contributed by atoms with Crippen LogP contribution in [-0.4, -0.2) is 51.9 Å². The second-order valence-electron chi connectivity index (χ2n) is 6.59. The minimum absolute atomic E-state index is 0.00918. The number of nitrogens with zero attached hydrogens (tertiary/aromatic N) is 4. The van der Waals surface area contributed by atoms with E-state index < -0.39 is 0 Å². The Bertz CT molecular complexity index is 799. The highest BCUT2D eigenvalue weighted by molar-refractivity contribution is 5.94. The number of rotatable bonds is 2. The maximum Gasteiger partial charge on any atom is 0.255 e. The molecule has 24 heavy (non-hydrogen) atoms. The Balaban J connectivity index is 1.43. The molecule has 4 rings (SSSR count). The SMILES string of the molecule is Cc1cc(N2CC3CN(C(=O)c4ccc(=O)[nH]c4)CC3C2)ncn1. The monoisotopic (exact) mass is 325 g/mol. The number of aryl methyl sites for hydroxylation is 1. The fourth-order valence-electron chi connectivity index (χ4n) is 3.69. The van der Waals surface area contributed by atoms with Crippen LogP contribution in [0.2, 0.25) is 0 Å². The number of amides is 1. The molecule has 0 spiro atoms. The molecule has 2 saturated heterocycles. The molecule has 4 heterocycles. The maximum absolute atomic E-state index is 12.6. The van der Waals surface area contributed by atoms with Crippen molar-refractivity contribution in [3.05, 3.63) is 52.3 Å². The van der Waals surface area contributed by atoms with Gasteiger partial charge in [0, 0.05) is 62.0 Å². The summed E-state index contributed by atoms with van der Waals surface area (Å²) in [5, 5.41) is 0. The van der Waals surface area contributed by atoms with Crippen LogP contribution in [0.5, 0.6) is 0 Å². The number of aromatic nitrogens is 3. The Labute approximate surface area is 139 Å². The van der Waals surface area contributed by atoms with Gasteiger partial charge in [-0.3, -0.25) is 9.59 Å². The molecule has 1 N–H and O–H groups in total. The van der Waals surface area contributed by atoms with Crippen LogP contribution < -0.4 is 10.5 Å². The molecule has 2 aromatic rings. The van der Waals surface area contributed by atoms with E-state index in [9.17, 15) is 9.59 Å². The highest BCUT2D eigenvalue weighted by Gasteiger charge is 2.42. The van der Waals surface area contributed by atoms with Crippen LogP contribution in [0.4, 0.5) is 5.82 Å². The molecule has 0 saturated carbocycles. The van der Waals surface area contributed by atoms with E-state index >= 15 is 0 Å². The number of fused-ring (bicyclic) bond motifs is 1. The average molecular weight is 325 g/mol. The number of likely N-dealkylation sites (tertiary alicyclic amines) is 1. The van der Waals surface area contributed by atoms with Gasteiger partial charge in [-0.15, -0.1) is 0 Å². The number of aromatic amines is 1. The van der Waals surface area contributed by atoms with E-state index in [2.05, 4.69) is 19.9 Å². The van der Waals surface area contributed by atoms with Crippen molar-refractivity contribution >= 4 is 11.7 Å². The maximum atomic E-state index is 12.6. The smallest absolute Gasteiger partial charge is 0.255 e. The number of anilines is 1. The summed E-state index contributed by atoms with van der Waals surface area (Å²) in [5.41, 5.74) is 1.31. The standard InChI is InChI=1S/C17H19N5O2/c1-11-4-15(20-10-19-11)21-6-13-8-22(9-14(13)7-21)17(24)12-2-3-16(23)18-5-12/h2-5,10,13-14H,6-9H2,1H3,(H,18,23). The summed E-state index contributed by atoms with van der Waals surface area (Å²) in [6.07, 6.45) is 3.10. The van der Waals surface area contributed by atoms with E-state index in [0.717, 1.165) is 37.7 Å². The Morgan fingerprint density at radius 3 is 2.54 bits per heavy atom. The van der Waals surface area contributed by atoms with Crippen LogP contribution in [-0.2, 0) is 0 Å². The van der Waals surface area contributed by atoms with Crippen molar-refractivity contribution in [2.75, 3.05) is 31.1 Å². The largest absolute Gasteiger partial charge is 0.356 e. The minimum Gasteiger partial charge on any atom is -0.356 e. The molecule has 7 heteroatoms. The van der Waals surface area contributed by atoms with Crippen molar-refractivity contribution < 1.29 is 4.79 Å². The summed E-state index contributed by atoms with van der Waals surface area (Å²) in [5.74, 6) is 1.89. The van der Waals surface area contributed by atoms with Crippen molar-refractivity contribution in [3.8, 4) is 0 Å². The van der Waals surface area contributed by atoms with Crippen molar-refractivity contribution in [1.82, 2.24) is 19.9 Å². The van der Waals surface area contributed by atoms with Crippen LogP contribution in [0.25, 0.3) is 0 Å². The topological polar surface area (TPSA) is 82.2 Å². The van der Waals surface area contributed by atoms with Crippen LogP contribution >= 0.6 is 0 Å². The molecule has 0 bridgehead atoms. The molecule has 0 radical (unpaired) electrons. The molecular weight excluding hydrogens is 306 g/mol. The van der Waals surface area contributed by atoms with E-state index in [1.54, 1.807) is 12.4 Å². The number of carbonyl (C=O) groups is 1. The Hall–Kier alpha value is -2.70. The third kappa shape index (κ3) is 2.66. The van der Waals surface area contributed by atoms with E-state index in [1.165, 1.54) is 12.3 Å². The molecule has 7 nitrogen and oxygen atoms in total. The zero-order chi connectivity index (χ0) is 16.7. The summed E-state index contributed by atoms with van der Waals surface area (Å²) >= 11 is 0. The molecule has 2 unspecified atom stereocenters. The molecular formula is C17H19N5O2. The predicted molar refractivity (Wildman–Crippen MR) is 88.9 cm³/mol. The normalized spacial score (nSPS) is 22.7. The summed E-state index contributed by atoms with van der Waals surface area (Å²) in [6.45, 7) is 5.30. The lowest BCUT2D eigenvalue weighted by atomic mass is 10.0. The second-order valence-corrected chi connectivity index (χ2v) is 6.59. The van der Waals surface area contributed by atoms with Crippen LogP contribution in [0.1, 0.15) is 16.1 Å². The van der Waals surface area contributed by atoms with Crippen molar-refractivity contribution in [2.24, 2.45) is 11.8 Å². The third-order valence-corrected chi connectivity index (χ3v) is 4.92. The molecule has 0 aliphatic carbocycles. The van der Waals surface area contributed by atoms with Gasteiger partial charge in [0.05, 0.1) is 5.56 Å². The highest BCUT2D eigenvalue weighted by Crippen LogP contribution is 2.33. The van der Waals surface area contributed by atoms with E-state index in [4.69, 9.17) is 0 Å². The lowest BCUT2D eigenvalue weighted by Gasteiger charge is -2.22. The first-order chi connectivity index (χ1) is 11.6. The number of carbonyl (C=O) groups excluding carboxylic acids is 1. The van der Waals surface area contributed by atoms with Crippen molar-refractivity contribution in [2.45, 2.75) is 6.92 Å². The molecule has 2 aliphatic heterocycles. The number of H-pyrrole nitrogens is 1. The van der Waals surface area contributed by atoms with Gasteiger partial charge in [-0.1, -0.05) is 0 Å². The van der Waals surface area contributed by atoms with E-state index in [1.807, 2.05) is 17.9 Å². The number of nitrogens with one attached hydrogen (secondary N) is 1. The fourth-order valence-corrected chi connectivity index (χ4v) is 3.69. The average Bonchev–Trinajstić information content (AvgIpc) is 3.14. The zero-order valence-corrected chi connectivity index (χ0v) is 13.5. The summed E-state index contributed by atoms with van der Waals surface area (Å²) in [7, 11) is 0.